The van der Waals surface area contributed by atoms with E-state index in [2.05, 4.69) is 30.9 Å². The summed E-state index contributed by atoms with van der Waals surface area (Å²) in [5.74, 6) is -3.49. The third-order valence-electron chi connectivity index (χ3n) is 7.03. The number of nitrogens with one attached hydrogen (secondary N) is 5. The number of para-hydroxylation sites is 1. The Kier molecular flexibility index (Phi) is 10.3. The molecular weight excluding hydrogens is 554 g/mol. The second-order valence-corrected chi connectivity index (χ2v) is 10.3. The fraction of sp³-hybridized carbons (Fsp3) is 0.300. The molecular formula is C30H35N7O6. The molecule has 0 fully saturated rings. The van der Waals surface area contributed by atoms with Gasteiger partial charge in [0.05, 0.1) is 18.5 Å². The lowest BCUT2D eigenvalue weighted by molar-refractivity contribution is -0.145. The molecule has 0 spiro atoms. The molecule has 0 saturated heterocycles. The molecule has 0 radical (unpaired) electrons. The number of nitrogens with zero attached hydrogens (tertiary/aromatic N) is 1. The minimum Gasteiger partial charge on any atom is -0.480 e. The Bertz CT molecular complexity index is 1540. The number of benzene rings is 2. The highest BCUT2D eigenvalue weighted by Gasteiger charge is 2.32. The van der Waals surface area contributed by atoms with Crippen molar-refractivity contribution in [2.24, 2.45) is 5.73 Å². The first-order chi connectivity index (χ1) is 20.6. The molecule has 0 aliphatic rings. The maximum Gasteiger partial charge on any atom is 0.328 e. The van der Waals surface area contributed by atoms with Crippen LogP contribution in [0.2, 0.25) is 0 Å². The SMILES string of the molecule is CC(O)C(NC(=O)C(Cc1c[nH]c2ccccc12)NC(=O)C(Cc1ccccc1)NC(=O)C(N)Cc1cnc[nH]1)C(=O)O. The predicted molar refractivity (Wildman–Crippen MR) is 158 cm³/mol. The van der Waals surface area contributed by atoms with Crippen molar-refractivity contribution in [1.29, 1.82) is 0 Å². The van der Waals surface area contributed by atoms with E-state index in [4.69, 9.17) is 5.73 Å². The number of hydrogen-bond acceptors (Lipinski definition) is 7. The lowest BCUT2D eigenvalue weighted by Gasteiger charge is -2.26. The van der Waals surface area contributed by atoms with Gasteiger partial charge in [0, 0.05) is 48.3 Å². The maximum atomic E-state index is 13.7. The third-order valence-corrected chi connectivity index (χ3v) is 7.03. The zero-order valence-electron chi connectivity index (χ0n) is 23.5. The van der Waals surface area contributed by atoms with Crippen LogP contribution in [0.4, 0.5) is 0 Å². The number of carbonyl (C=O) groups is 4. The summed E-state index contributed by atoms with van der Waals surface area (Å²) in [5, 5.41) is 28.0. The molecule has 4 rings (SSSR count). The van der Waals surface area contributed by atoms with Gasteiger partial charge in [-0.1, -0.05) is 48.5 Å². The Morgan fingerprint density at radius 1 is 0.860 bits per heavy atom. The molecule has 0 saturated carbocycles. The summed E-state index contributed by atoms with van der Waals surface area (Å²) in [5.41, 5.74) is 9.03. The topological polar surface area (TPSA) is 215 Å². The number of hydrogen-bond donors (Lipinski definition) is 8. The summed E-state index contributed by atoms with van der Waals surface area (Å²) >= 11 is 0. The smallest absolute Gasteiger partial charge is 0.328 e. The van der Waals surface area contributed by atoms with Gasteiger partial charge in [0.2, 0.25) is 17.7 Å². The number of fused-ring (bicyclic) bond motifs is 1. The highest BCUT2D eigenvalue weighted by molar-refractivity contribution is 5.95. The van der Waals surface area contributed by atoms with E-state index in [0.29, 0.717) is 11.3 Å². The van der Waals surface area contributed by atoms with Crippen LogP contribution in [0, 0.1) is 0 Å². The van der Waals surface area contributed by atoms with Crippen molar-refractivity contribution in [3.8, 4) is 0 Å². The molecule has 5 atom stereocenters. The zero-order chi connectivity index (χ0) is 30.9. The molecule has 0 aliphatic heterocycles. The average molecular weight is 590 g/mol. The van der Waals surface area contributed by atoms with Crippen LogP contribution >= 0.6 is 0 Å². The number of carboxylic acid groups (broad SMARTS) is 1. The van der Waals surface area contributed by atoms with E-state index in [0.717, 1.165) is 16.5 Å². The van der Waals surface area contributed by atoms with E-state index in [1.165, 1.54) is 13.3 Å². The number of H-pyrrole nitrogens is 2. The maximum absolute atomic E-state index is 13.7. The summed E-state index contributed by atoms with van der Waals surface area (Å²) in [4.78, 5) is 61.8. The van der Waals surface area contributed by atoms with Crippen LogP contribution in [0.3, 0.4) is 0 Å². The largest absolute Gasteiger partial charge is 0.480 e. The minimum atomic E-state index is -1.60. The van der Waals surface area contributed by atoms with Crippen molar-refractivity contribution in [3.05, 3.63) is 90.1 Å². The van der Waals surface area contributed by atoms with Gasteiger partial charge in [0.25, 0.3) is 0 Å². The van der Waals surface area contributed by atoms with Crippen LogP contribution in [0.15, 0.2) is 73.3 Å². The van der Waals surface area contributed by atoms with Crippen LogP contribution < -0.4 is 21.7 Å². The second kappa shape index (κ2) is 14.2. The van der Waals surface area contributed by atoms with Gasteiger partial charge >= 0.3 is 5.97 Å². The number of aliphatic carboxylic acids is 1. The fourth-order valence-electron chi connectivity index (χ4n) is 4.71. The summed E-state index contributed by atoms with van der Waals surface area (Å²) in [6, 6.07) is 11.5. The lowest BCUT2D eigenvalue weighted by atomic mass is 10.0. The highest BCUT2D eigenvalue weighted by Crippen LogP contribution is 2.19. The van der Waals surface area contributed by atoms with Gasteiger partial charge in [-0.25, -0.2) is 9.78 Å². The van der Waals surface area contributed by atoms with E-state index >= 15 is 0 Å². The Labute approximate surface area is 247 Å². The summed E-state index contributed by atoms with van der Waals surface area (Å²) in [7, 11) is 0. The van der Waals surface area contributed by atoms with Gasteiger partial charge in [-0.2, -0.15) is 0 Å². The van der Waals surface area contributed by atoms with Gasteiger partial charge in [0.1, 0.15) is 12.1 Å². The number of aliphatic hydroxyl groups is 1. The number of aliphatic hydroxyl groups excluding tert-OH is 1. The van der Waals surface area contributed by atoms with Gasteiger partial charge in [-0.3, -0.25) is 14.4 Å². The fourth-order valence-corrected chi connectivity index (χ4v) is 4.71. The standard InChI is InChI=1S/C30H35N7O6/c1-17(38)26(30(42)43)37-29(41)25(12-19-14-33-23-10-6-5-9-21(19)23)36-28(40)24(11-18-7-3-2-4-8-18)35-27(39)22(31)13-20-15-32-16-34-20/h2-10,14-17,22,24-26,33,38H,11-13,31H2,1H3,(H,32,34)(H,35,39)(H,36,40)(H,37,41)(H,42,43). The first-order valence-electron chi connectivity index (χ1n) is 13.8. The normalized spacial score (nSPS) is 14.7. The number of imidazole rings is 1. The molecule has 9 N–H and O–H groups in total. The third kappa shape index (κ3) is 8.27. The van der Waals surface area contributed by atoms with Crippen LogP contribution in [0.1, 0.15) is 23.7 Å². The molecule has 2 heterocycles. The van der Waals surface area contributed by atoms with Gasteiger partial charge in [-0.05, 0) is 24.1 Å². The number of nitrogens with two attached hydrogens (primary N) is 1. The molecule has 3 amide bonds. The molecule has 0 aliphatic carbocycles. The van der Waals surface area contributed by atoms with E-state index in [9.17, 15) is 29.4 Å². The molecule has 5 unspecified atom stereocenters. The van der Waals surface area contributed by atoms with Gasteiger partial charge < -0.3 is 41.9 Å². The zero-order valence-corrected chi connectivity index (χ0v) is 23.5. The Morgan fingerprint density at radius 2 is 1.51 bits per heavy atom. The lowest BCUT2D eigenvalue weighted by Crippen LogP contribution is -2.59. The number of carbonyl (C=O) groups excluding carboxylic acids is 3. The van der Waals surface area contributed by atoms with Crippen molar-refractivity contribution in [2.75, 3.05) is 0 Å². The van der Waals surface area contributed by atoms with Crippen molar-refractivity contribution in [1.82, 2.24) is 30.9 Å². The molecule has 13 nitrogen and oxygen atoms in total. The number of carboxylic acids is 1. The van der Waals surface area contributed by atoms with Crippen LogP contribution in [0.5, 0.6) is 0 Å². The van der Waals surface area contributed by atoms with Crippen LogP contribution in [-0.4, -0.2) is 79.1 Å². The van der Waals surface area contributed by atoms with E-state index in [1.807, 2.05) is 30.3 Å². The Balaban J connectivity index is 1.58. The quantitative estimate of drug-likeness (QED) is 0.101. The summed E-state index contributed by atoms with van der Waals surface area (Å²) < 4.78 is 0. The summed E-state index contributed by atoms with van der Waals surface area (Å²) in [6.45, 7) is 1.24. The van der Waals surface area contributed by atoms with E-state index in [-0.39, 0.29) is 19.3 Å². The molecule has 2 aromatic heterocycles. The second-order valence-electron chi connectivity index (χ2n) is 10.3. The first-order valence-corrected chi connectivity index (χ1v) is 13.8. The van der Waals surface area contributed by atoms with Gasteiger partial charge in [-0.15, -0.1) is 0 Å². The van der Waals surface area contributed by atoms with Crippen molar-refractivity contribution in [3.63, 3.8) is 0 Å². The van der Waals surface area contributed by atoms with E-state index < -0.39 is 54.0 Å². The molecule has 4 aromatic rings. The summed E-state index contributed by atoms with van der Waals surface area (Å²) in [6.07, 6.45) is 3.59. The van der Waals surface area contributed by atoms with Gasteiger partial charge in [0.15, 0.2) is 6.04 Å². The number of aromatic nitrogens is 3. The predicted octanol–water partition coefficient (Wildman–Crippen LogP) is 0.166. The number of amides is 3. The number of aromatic amines is 2. The Morgan fingerprint density at radius 3 is 2.19 bits per heavy atom. The molecule has 43 heavy (non-hydrogen) atoms. The number of rotatable bonds is 14. The molecule has 226 valence electrons. The molecule has 0 bridgehead atoms. The Hall–Kier alpha value is -5.01. The first kappa shape index (κ1) is 30.9. The van der Waals surface area contributed by atoms with Crippen molar-refractivity contribution >= 4 is 34.6 Å². The minimum absolute atomic E-state index is 0.000916. The van der Waals surface area contributed by atoms with Crippen LogP contribution in [-0.2, 0) is 38.4 Å². The van der Waals surface area contributed by atoms with Crippen LogP contribution in [0.25, 0.3) is 10.9 Å². The van der Waals surface area contributed by atoms with Crippen molar-refractivity contribution in [2.45, 2.75) is 56.5 Å². The molecule has 13 heteroatoms. The average Bonchev–Trinajstić information content (AvgIpc) is 3.65. The monoisotopic (exact) mass is 589 g/mol. The van der Waals surface area contributed by atoms with Crippen molar-refractivity contribution < 1.29 is 29.4 Å². The highest BCUT2D eigenvalue weighted by atomic mass is 16.4. The molecule has 2 aromatic carbocycles. The van der Waals surface area contributed by atoms with E-state index in [1.54, 1.807) is 36.7 Å².